The van der Waals surface area contributed by atoms with Gasteiger partial charge in [0, 0.05) is 12.8 Å². The summed E-state index contributed by atoms with van der Waals surface area (Å²) in [5.41, 5.74) is -1.01. The fraction of sp³-hybridized carbons (Fsp3) is 0.429. The van der Waals surface area contributed by atoms with Gasteiger partial charge in [-0.15, -0.1) is 0 Å². The van der Waals surface area contributed by atoms with Gasteiger partial charge in [-0.1, -0.05) is 34.1 Å². The third-order valence-electron chi connectivity index (χ3n) is 3.69. The Bertz CT molecular complexity index is 546. The van der Waals surface area contributed by atoms with E-state index in [4.69, 9.17) is 9.47 Å². The van der Waals surface area contributed by atoms with E-state index in [1.165, 1.54) is 0 Å². The molecule has 5 nitrogen and oxygen atoms in total. The predicted molar refractivity (Wildman–Crippen MR) is 72.4 cm³/mol. The molecule has 3 rings (SSSR count). The molecule has 0 spiro atoms. The predicted octanol–water partition coefficient (Wildman–Crippen LogP) is 1.43. The summed E-state index contributed by atoms with van der Waals surface area (Å²) in [6, 6.07) is 8.62. The van der Waals surface area contributed by atoms with Crippen molar-refractivity contribution in [2.45, 2.75) is 35.5 Å². The van der Waals surface area contributed by atoms with E-state index in [1.807, 2.05) is 6.07 Å². The van der Waals surface area contributed by atoms with E-state index in [1.54, 1.807) is 24.3 Å². The number of hydrogen-bond donors (Lipinski definition) is 1. The Labute approximate surface area is 124 Å². The summed E-state index contributed by atoms with van der Waals surface area (Å²) in [4.78, 5) is 23.3. The molecule has 1 saturated heterocycles. The number of benzene rings is 1. The van der Waals surface area contributed by atoms with Crippen molar-refractivity contribution in [2.24, 2.45) is 0 Å². The second-order valence-corrected chi connectivity index (χ2v) is 6.31. The highest BCUT2D eigenvalue weighted by atomic mass is 79.9. The fourth-order valence-corrected chi connectivity index (χ4v) is 3.63. The number of carbonyl (C=O) groups excluding carboxylic acids is 2. The molecule has 2 bridgehead atoms. The first-order valence-electron chi connectivity index (χ1n) is 6.33. The van der Waals surface area contributed by atoms with Gasteiger partial charge < -0.3 is 14.6 Å². The lowest BCUT2D eigenvalue weighted by Gasteiger charge is -2.33. The third kappa shape index (κ3) is 2.23. The Kier molecular flexibility index (Phi) is 3.30. The second-order valence-electron chi connectivity index (χ2n) is 5.14. The lowest BCUT2D eigenvalue weighted by Crippen LogP contribution is -2.48. The van der Waals surface area contributed by atoms with Crippen molar-refractivity contribution in [2.75, 3.05) is 0 Å². The maximum Gasteiger partial charge on any atom is 0.338 e. The van der Waals surface area contributed by atoms with E-state index in [9.17, 15) is 14.7 Å². The molecule has 1 N–H and O–H groups in total. The summed E-state index contributed by atoms with van der Waals surface area (Å²) in [6.07, 6.45) is -0.844. The Morgan fingerprint density at radius 2 is 2.05 bits per heavy atom. The zero-order chi connectivity index (χ0) is 14.3. The van der Waals surface area contributed by atoms with E-state index in [0.29, 0.717) is 5.56 Å². The molecule has 1 aromatic carbocycles. The monoisotopic (exact) mass is 340 g/mol. The minimum atomic E-state index is -1.45. The van der Waals surface area contributed by atoms with Crippen LogP contribution in [-0.4, -0.2) is 39.7 Å². The van der Waals surface area contributed by atoms with Gasteiger partial charge >= 0.3 is 11.9 Å². The van der Waals surface area contributed by atoms with Crippen LogP contribution in [0, 0.1) is 0 Å². The van der Waals surface area contributed by atoms with Crippen LogP contribution in [0.4, 0.5) is 0 Å². The molecule has 2 aliphatic rings. The lowest BCUT2D eigenvalue weighted by molar-refractivity contribution is -0.154. The molecule has 1 aliphatic heterocycles. The molecule has 1 saturated carbocycles. The number of carbonyl (C=O) groups is 2. The number of hydrogen-bond acceptors (Lipinski definition) is 5. The number of halogens is 1. The summed E-state index contributed by atoms with van der Waals surface area (Å²) in [5.74, 6) is -1.10. The minimum absolute atomic E-state index is 0.167. The largest absolute Gasteiger partial charge is 0.456 e. The summed E-state index contributed by atoms with van der Waals surface area (Å²) in [7, 11) is 0. The van der Waals surface area contributed by atoms with E-state index in [2.05, 4.69) is 15.9 Å². The van der Waals surface area contributed by atoms with Gasteiger partial charge in [0.1, 0.15) is 6.10 Å². The van der Waals surface area contributed by atoms with Gasteiger partial charge in [-0.05, 0) is 12.1 Å². The third-order valence-corrected chi connectivity index (χ3v) is 4.53. The highest BCUT2D eigenvalue weighted by molar-refractivity contribution is 9.09. The number of rotatable bonds is 2. The summed E-state index contributed by atoms with van der Waals surface area (Å²) >= 11 is 3.37. The number of esters is 2. The lowest BCUT2D eigenvalue weighted by atomic mass is 9.84. The maximum atomic E-state index is 12.0. The van der Waals surface area contributed by atoms with E-state index >= 15 is 0 Å². The average molecular weight is 341 g/mol. The van der Waals surface area contributed by atoms with Crippen molar-refractivity contribution in [3.05, 3.63) is 35.9 Å². The van der Waals surface area contributed by atoms with Gasteiger partial charge in [-0.3, -0.25) is 0 Å². The molecule has 106 valence electrons. The molecule has 1 aromatic rings. The average Bonchev–Trinajstić information content (AvgIpc) is 2.67. The van der Waals surface area contributed by atoms with Gasteiger partial charge in [-0.2, -0.15) is 0 Å². The molecule has 0 amide bonds. The van der Waals surface area contributed by atoms with Gasteiger partial charge in [0.2, 0.25) is 0 Å². The first-order valence-corrected chi connectivity index (χ1v) is 7.25. The van der Waals surface area contributed by atoms with Gasteiger partial charge in [0.25, 0.3) is 0 Å². The van der Waals surface area contributed by atoms with Crippen LogP contribution in [0.25, 0.3) is 0 Å². The standard InChI is InChI=1S/C14H13BrO5/c15-9-6-14(18)7-10(19-13(14)17)11(9)20-12(16)8-4-2-1-3-5-8/h1-5,9-11,18H,6-7H2/t9-,10+,11+,14-/m0/s1. The highest BCUT2D eigenvalue weighted by Crippen LogP contribution is 2.42. The molecular weight excluding hydrogens is 328 g/mol. The van der Waals surface area contributed by atoms with Gasteiger partial charge in [0.15, 0.2) is 11.7 Å². The molecule has 1 heterocycles. The maximum absolute atomic E-state index is 12.0. The zero-order valence-corrected chi connectivity index (χ0v) is 12.1. The first kappa shape index (κ1) is 13.6. The first-order chi connectivity index (χ1) is 9.49. The van der Waals surface area contributed by atoms with Crippen molar-refractivity contribution in [1.29, 1.82) is 0 Å². The van der Waals surface area contributed by atoms with Crippen LogP contribution in [0.3, 0.4) is 0 Å². The molecule has 2 fully saturated rings. The van der Waals surface area contributed by atoms with Crippen LogP contribution in [0.2, 0.25) is 0 Å². The Morgan fingerprint density at radius 1 is 1.35 bits per heavy atom. The van der Waals surface area contributed by atoms with Crippen molar-refractivity contribution in [3.63, 3.8) is 0 Å². The minimum Gasteiger partial charge on any atom is -0.456 e. The highest BCUT2D eigenvalue weighted by Gasteiger charge is 2.58. The van der Waals surface area contributed by atoms with E-state index in [0.717, 1.165) is 0 Å². The smallest absolute Gasteiger partial charge is 0.338 e. The number of aliphatic hydroxyl groups is 1. The molecule has 1 aliphatic carbocycles. The topological polar surface area (TPSA) is 72.8 Å². The number of ether oxygens (including phenoxy) is 2. The molecule has 0 aromatic heterocycles. The van der Waals surface area contributed by atoms with Crippen molar-refractivity contribution >= 4 is 27.9 Å². The summed E-state index contributed by atoms with van der Waals surface area (Å²) in [5, 5.41) is 10.1. The number of alkyl halides is 1. The number of fused-ring (bicyclic) bond motifs is 2. The van der Waals surface area contributed by atoms with Crippen molar-refractivity contribution in [1.82, 2.24) is 0 Å². The molecule has 0 unspecified atom stereocenters. The van der Waals surface area contributed by atoms with E-state index < -0.39 is 29.7 Å². The van der Waals surface area contributed by atoms with Gasteiger partial charge in [-0.25, -0.2) is 9.59 Å². The zero-order valence-electron chi connectivity index (χ0n) is 10.5. The molecular formula is C14H13BrO5. The molecule has 0 radical (unpaired) electrons. The Morgan fingerprint density at radius 3 is 2.75 bits per heavy atom. The SMILES string of the molecule is O=C(O[C@@H]1[C@@H](Br)C[C@]2(O)C[C@H]1OC2=O)c1ccccc1. The summed E-state index contributed by atoms with van der Waals surface area (Å²) < 4.78 is 10.6. The Hall–Kier alpha value is -1.40. The summed E-state index contributed by atoms with van der Waals surface area (Å²) in [6.45, 7) is 0. The van der Waals surface area contributed by atoms with Crippen LogP contribution >= 0.6 is 15.9 Å². The normalized spacial score (nSPS) is 35.5. The van der Waals surface area contributed by atoms with Crippen molar-refractivity contribution in [3.8, 4) is 0 Å². The fourth-order valence-electron chi connectivity index (χ4n) is 2.64. The Balaban J connectivity index is 1.75. The molecule has 6 heteroatoms. The van der Waals surface area contributed by atoms with Crippen LogP contribution in [0.15, 0.2) is 30.3 Å². The second kappa shape index (κ2) is 4.86. The molecule has 20 heavy (non-hydrogen) atoms. The van der Waals surface area contributed by atoms with Crippen LogP contribution < -0.4 is 0 Å². The van der Waals surface area contributed by atoms with E-state index in [-0.39, 0.29) is 17.7 Å². The quantitative estimate of drug-likeness (QED) is 0.651. The van der Waals surface area contributed by atoms with Crippen molar-refractivity contribution < 1.29 is 24.2 Å². The van der Waals surface area contributed by atoms with Crippen LogP contribution in [-0.2, 0) is 14.3 Å². The molecule has 4 atom stereocenters. The van der Waals surface area contributed by atoms with Crippen LogP contribution in [0.5, 0.6) is 0 Å². The van der Waals surface area contributed by atoms with Gasteiger partial charge in [0.05, 0.1) is 10.4 Å². The van der Waals surface area contributed by atoms with Crippen LogP contribution in [0.1, 0.15) is 23.2 Å².